The topological polar surface area (TPSA) is 78.9 Å². The molecule has 0 radical (unpaired) electrons. The molecule has 2 aromatic heterocycles. The Kier molecular flexibility index (Phi) is 4.37. The number of fused-ring (bicyclic) bond motifs is 1. The van der Waals surface area contributed by atoms with Crippen LogP contribution in [0.5, 0.6) is 0 Å². The number of nitrogens with zero attached hydrogens (tertiary/aromatic N) is 5. The van der Waals surface area contributed by atoms with Crippen LogP contribution in [0.2, 0.25) is 5.02 Å². The molecule has 3 heterocycles. The summed E-state index contributed by atoms with van der Waals surface area (Å²) < 4.78 is 26.6. The van der Waals surface area contributed by atoms with Gasteiger partial charge in [-0.25, -0.2) is 9.07 Å². The normalized spacial score (nSPS) is 16.0. The molecule has 146 valence electrons. The van der Waals surface area contributed by atoms with Crippen LogP contribution in [0, 0.1) is 12.7 Å². The third-order valence-corrected chi connectivity index (χ3v) is 5.17. The molecule has 7 nitrogen and oxygen atoms in total. The zero-order valence-corrected chi connectivity index (χ0v) is 16.1. The first-order chi connectivity index (χ1) is 14.1. The van der Waals surface area contributed by atoms with Gasteiger partial charge in [-0.2, -0.15) is 4.98 Å². The standard InChI is InChI=1S/C20H15ClFN5O2/c1-11-2-4-12(5-3-11)17-9-27-16(10-28-17)18(24-26-27)19-23-20(29-25-19)14-8-13(22)6-7-15(14)21/h2-8,17H,9-10H2,1H3/t17-/m0/s1. The molecule has 29 heavy (non-hydrogen) atoms. The van der Waals surface area contributed by atoms with Crippen molar-refractivity contribution in [3.63, 3.8) is 0 Å². The second-order valence-corrected chi connectivity index (χ2v) is 7.23. The Bertz CT molecular complexity index is 1190. The molecular formula is C20H15ClFN5O2. The number of ether oxygens (including phenoxy) is 1. The van der Waals surface area contributed by atoms with Crippen LogP contribution in [0.25, 0.3) is 23.0 Å². The Morgan fingerprint density at radius 2 is 2.00 bits per heavy atom. The third kappa shape index (κ3) is 3.30. The summed E-state index contributed by atoms with van der Waals surface area (Å²) in [5, 5.41) is 12.7. The minimum atomic E-state index is -0.444. The maximum absolute atomic E-state index is 13.5. The number of aryl methyl sites for hydroxylation is 1. The number of hydrogen-bond acceptors (Lipinski definition) is 6. The van der Waals surface area contributed by atoms with Crippen molar-refractivity contribution in [2.75, 3.05) is 0 Å². The summed E-state index contributed by atoms with van der Waals surface area (Å²) in [5.74, 6) is -0.0831. The predicted molar refractivity (Wildman–Crippen MR) is 102 cm³/mol. The molecular weight excluding hydrogens is 397 g/mol. The van der Waals surface area contributed by atoms with Crippen LogP contribution >= 0.6 is 11.6 Å². The molecule has 4 aromatic rings. The van der Waals surface area contributed by atoms with Crippen molar-refractivity contribution >= 4 is 11.6 Å². The maximum atomic E-state index is 13.5. The fourth-order valence-electron chi connectivity index (χ4n) is 3.26. The van der Waals surface area contributed by atoms with Gasteiger partial charge < -0.3 is 9.26 Å². The van der Waals surface area contributed by atoms with E-state index in [4.69, 9.17) is 20.9 Å². The highest BCUT2D eigenvalue weighted by molar-refractivity contribution is 6.33. The molecule has 0 unspecified atom stereocenters. The quantitative estimate of drug-likeness (QED) is 0.498. The molecule has 0 bridgehead atoms. The van der Waals surface area contributed by atoms with E-state index in [1.54, 1.807) is 4.68 Å². The van der Waals surface area contributed by atoms with Crippen LogP contribution in [0.3, 0.4) is 0 Å². The second kappa shape index (κ2) is 7.06. The summed E-state index contributed by atoms with van der Waals surface area (Å²) >= 11 is 6.12. The lowest BCUT2D eigenvalue weighted by Gasteiger charge is -2.24. The monoisotopic (exact) mass is 411 g/mol. The Balaban J connectivity index is 1.43. The van der Waals surface area contributed by atoms with E-state index in [1.165, 1.54) is 23.8 Å². The van der Waals surface area contributed by atoms with Crippen molar-refractivity contribution in [3.8, 4) is 23.0 Å². The fourth-order valence-corrected chi connectivity index (χ4v) is 3.46. The van der Waals surface area contributed by atoms with Crippen molar-refractivity contribution < 1.29 is 13.7 Å². The van der Waals surface area contributed by atoms with E-state index in [0.29, 0.717) is 29.4 Å². The number of rotatable bonds is 3. The van der Waals surface area contributed by atoms with Gasteiger partial charge in [0.05, 0.1) is 29.4 Å². The highest BCUT2D eigenvalue weighted by Gasteiger charge is 2.28. The molecule has 0 fully saturated rings. The minimum Gasteiger partial charge on any atom is -0.365 e. The molecule has 0 N–H and O–H groups in total. The molecule has 1 atom stereocenters. The molecule has 2 aromatic carbocycles. The van der Waals surface area contributed by atoms with Crippen molar-refractivity contribution in [1.29, 1.82) is 0 Å². The molecule has 0 saturated heterocycles. The van der Waals surface area contributed by atoms with Crippen LogP contribution < -0.4 is 0 Å². The van der Waals surface area contributed by atoms with Crippen LogP contribution in [-0.4, -0.2) is 25.1 Å². The molecule has 0 saturated carbocycles. The summed E-state index contributed by atoms with van der Waals surface area (Å²) in [6.07, 6.45) is -0.107. The van der Waals surface area contributed by atoms with Gasteiger partial charge in [-0.1, -0.05) is 51.8 Å². The number of aromatic nitrogens is 5. The molecule has 0 amide bonds. The van der Waals surface area contributed by atoms with Gasteiger partial charge in [-0.15, -0.1) is 5.10 Å². The van der Waals surface area contributed by atoms with E-state index in [2.05, 4.69) is 44.7 Å². The second-order valence-electron chi connectivity index (χ2n) is 6.82. The van der Waals surface area contributed by atoms with Crippen LogP contribution in [-0.2, 0) is 17.9 Å². The average molecular weight is 412 g/mol. The largest absolute Gasteiger partial charge is 0.365 e. The van der Waals surface area contributed by atoms with E-state index < -0.39 is 5.82 Å². The SMILES string of the molecule is Cc1ccc([C@@H]2Cn3nnc(-c4noc(-c5cc(F)ccc5Cl)n4)c3CO2)cc1. The smallest absolute Gasteiger partial charge is 0.259 e. The van der Waals surface area contributed by atoms with E-state index in [9.17, 15) is 4.39 Å². The number of hydrogen-bond donors (Lipinski definition) is 0. The highest BCUT2D eigenvalue weighted by atomic mass is 35.5. The van der Waals surface area contributed by atoms with Crippen LogP contribution in [0.1, 0.15) is 22.9 Å². The highest BCUT2D eigenvalue weighted by Crippen LogP contribution is 2.32. The average Bonchev–Trinajstić information content (AvgIpc) is 3.36. The first kappa shape index (κ1) is 18.0. The molecule has 1 aliphatic heterocycles. The van der Waals surface area contributed by atoms with E-state index in [1.807, 2.05) is 6.92 Å². The van der Waals surface area contributed by atoms with E-state index in [-0.39, 0.29) is 17.8 Å². The lowest BCUT2D eigenvalue weighted by molar-refractivity contribution is -0.00112. The first-order valence-corrected chi connectivity index (χ1v) is 9.36. The Morgan fingerprint density at radius 1 is 1.17 bits per heavy atom. The summed E-state index contributed by atoms with van der Waals surface area (Å²) in [7, 11) is 0. The van der Waals surface area contributed by atoms with Gasteiger partial charge in [0.2, 0.25) is 5.82 Å². The van der Waals surface area contributed by atoms with Crippen molar-refractivity contribution in [3.05, 3.63) is 70.1 Å². The summed E-state index contributed by atoms with van der Waals surface area (Å²) in [6.45, 7) is 2.89. The number of benzene rings is 2. The van der Waals surface area contributed by atoms with Crippen molar-refractivity contribution in [1.82, 2.24) is 25.1 Å². The van der Waals surface area contributed by atoms with Crippen LogP contribution in [0.4, 0.5) is 4.39 Å². The lowest BCUT2D eigenvalue weighted by Crippen LogP contribution is -2.22. The Labute approximate surface area is 170 Å². The van der Waals surface area contributed by atoms with E-state index >= 15 is 0 Å². The predicted octanol–water partition coefficient (Wildman–Crippen LogP) is 4.37. The molecule has 9 heteroatoms. The van der Waals surface area contributed by atoms with Crippen molar-refractivity contribution in [2.24, 2.45) is 0 Å². The van der Waals surface area contributed by atoms with Gasteiger partial charge >= 0.3 is 0 Å². The molecule has 5 rings (SSSR count). The first-order valence-electron chi connectivity index (χ1n) is 8.98. The molecule has 0 aliphatic carbocycles. The third-order valence-electron chi connectivity index (χ3n) is 4.84. The van der Waals surface area contributed by atoms with Gasteiger partial charge in [0.1, 0.15) is 11.9 Å². The summed E-state index contributed by atoms with van der Waals surface area (Å²) in [5.41, 5.74) is 3.82. The maximum Gasteiger partial charge on any atom is 0.259 e. The zero-order valence-electron chi connectivity index (χ0n) is 15.3. The van der Waals surface area contributed by atoms with Gasteiger partial charge in [-0.05, 0) is 30.7 Å². The van der Waals surface area contributed by atoms with Gasteiger partial charge in [-0.3, -0.25) is 0 Å². The molecule has 1 aliphatic rings. The summed E-state index contributed by atoms with van der Waals surface area (Å²) in [6, 6.07) is 12.2. The van der Waals surface area contributed by atoms with Crippen molar-refractivity contribution in [2.45, 2.75) is 26.2 Å². The Hall–Kier alpha value is -3.10. The lowest BCUT2D eigenvalue weighted by atomic mass is 10.1. The summed E-state index contributed by atoms with van der Waals surface area (Å²) in [4.78, 5) is 4.32. The fraction of sp³-hybridized carbons (Fsp3) is 0.200. The van der Waals surface area contributed by atoms with Gasteiger partial charge in [0, 0.05) is 0 Å². The minimum absolute atomic E-state index is 0.107. The number of halogens is 2. The van der Waals surface area contributed by atoms with Crippen LogP contribution in [0.15, 0.2) is 47.0 Å². The van der Waals surface area contributed by atoms with Gasteiger partial charge in [0.25, 0.3) is 5.89 Å². The molecule has 0 spiro atoms. The zero-order chi connectivity index (χ0) is 20.0. The van der Waals surface area contributed by atoms with Gasteiger partial charge in [0.15, 0.2) is 5.69 Å². The van der Waals surface area contributed by atoms with E-state index in [0.717, 1.165) is 11.3 Å². The Morgan fingerprint density at radius 3 is 2.83 bits per heavy atom.